The minimum absolute atomic E-state index is 0.134. The van der Waals surface area contributed by atoms with E-state index in [0.717, 1.165) is 23.3 Å². The Bertz CT molecular complexity index is 644. The first-order valence-electron chi connectivity index (χ1n) is 6.97. The number of nitrogens with two attached hydrogens (primary N) is 1. The van der Waals surface area contributed by atoms with Crippen LogP contribution in [-0.2, 0) is 20.8 Å². The second kappa shape index (κ2) is 6.46. The van der Waals surface area contributed by atoms with E-state index in [9.17, 15) is 12.6 Å². The molecule has 0 aliphatic carbocycles. The van der Waals surface area contributed by atoms with Gasteiger partial charge in [0, 0.05) is 29.4 Å². The number of piperidine rings is 1. The summed E-state index contributed by atoms with van der Waals surface area (Å²) in [7, 11) is -4.31. The molecule has 2 unspecified atom stereocenters. The Morgan fingerprint density at radius 2 is 2.14 bits per heavy atom. The summed E-state index contributed by atoms with van der Waals surface area (Å²) < 4.78 is 37.3. The maximum atomic E-state index is 12.5. The highest BCUT2D eigenvalue weighted by atomic mass is 32.2. The van der Waals surface area contributed by atoms with Gasteiger partial charge in [0.2, 0.25) is 10.0 Å². The fourth-order valence-corrected chi connectivity index (χ4v) is 5.15. The molecule has 0 amide bonds. The van der Waals surface area contributed by atoms with Gasteiger partial charge in [-0.2, -0.15) is 0 Å². The molecule has 0 saturated carbocycles. The Labute approximate surface area is 129 Å². The Kier molecular flexibility index (Phi) is 5.06. The van der Waals surface area contributed by atoms with Crippen molar-refractivity contribution in [3.63, 3.8) is 0 Å². The molecule has 1 aromatic rings. The van der Waals surface area contributed by atoms with Gasteiger partial charge in [0.05, 0.1) is 17.1 Å². The lowest BCUT2D eigenvalue weighted by Gasteiger charge is -2.30. The van der Waals surface area contributed by atoms with Crippen molar-refractivity contribution in [1.82, 2.24) is 4.31 Å². The fraction of sp³-hybridized carbons (Fsp3) is 0.571. The van der Waals surface area contributed by atoms with Crippen LogP contribution in [0.15, 0.2) is 23.1 Å². The molecule has 21 heavy (non-hydrogen) atoms. The molecule has 1 heterocycles. The van der Waals surface area contributed by atoms with Crippen molar-refractivity contribution in [2.24, 2.45) is 5.92 Å². The Morgan fingerprint density at radius 3 is 2.81 bits per heavy atom. The van der Waals surface area contributed by atoms with Gasteiger partial charge in [-0.3, -0.25) is 4.21 Å². The molecule has 0 spiro atoms. The lowest BCUT2D eigenvalue weighted by molar-refractivity contribution is 0.285. The van der Waals surface area contributed by atoms with Gasteiger partial charge in [-0.1, -0.05) is 6.07 Å². The lowest BCUT2D eigenvalue weighted by atomic mass is 10.0. The van der Waals surface area contributed by atoms with Crippen LogP contribution in [0.1, 0.15) is 18.4 Å². The smallest absolute Gasteiger partial charge is 0.211 e. The van der Waals surface area contributed by atoms with Crippen molar-refractivity contribution in [3.8, 4) is 0 Å². The summed E-state index contributed by atoms with van der Waals surface area (Å²) in [4.78, 5) is 0.756. The first-order chi connectivity index (χ1) is 9.77. The first kappa shape index (κ1) is 16.5. The molecule has 118 valence electrons. The number of hydrogen-bond acceptors (Lipinski definition) is 4. The van der Waals surface area contributed by atoms with E-state index in [-0.39, 0.29) is 5.92 Å². The molecule has 1 fully saturated rings. The Morgan fingerprint density at radius 1 is 1.43 bits per heavy atom. The average Bonchev–Trinajstić information content (AvgIpc) is 2.41. The van der Waals surface area contributed by atoms with E-state index in [1.807, 2.05) is 13.0 Å². The standard InChI is InChI=1S/C14H22N2O3S2/c1-11-5-6-13(15)8-14(11)20(17)10-12-4-3-7-16(9-12)21(2,18)19/h5-6,8,12H,3-4,7,9-10,15H2,1-2H3. The van der Waals surface area contributed by atoms with Gasteiger partial charge in [-0.25, -0.2) is 12.7 Å². The predicted molar refractivity (Wildman–Crippen MR) is 86.0 cm³/mol. The third-order valence-corrected chi connectivity index (χ3v) is 6.77. The van der Waals surface area contributed by atoms with Crippen LogP contribution in [0.25, 0.3) is 0 Å². The fourth-order valence-electron chi connectivity index (χ4n) is 2.63. The van der Waals surface area contributed by atoms with E-state index in [1.165, 1.54) is 10.6 Å². The van der Waals surface area contributed by atoms with Gasteiger partial charge in [0.15, 0.2) is 0 Å². The third-order valence-electron chi connectivity index (χ3n) is 3.80. The number of sulfonamides is 1. The summed E-state index contributed by atoms with van der Waals surface area (Å²) >= 11 is 0. The van der Waals surface area contributed by atoms with Crippen LogP contribution in [0.2, 0.25) is 0 Å². The van der Waals surface area contributed by atoms with Crippen molar-refractivity contribution < 1.29 is 12.6 Å². The van der Waals surface area contributed by atoms with Crippen molar-refractivity contribution in [3.05, 3.63) is 23.8 Å². The van der Waals surface area contributed by atoms with Gasteiger partial charge < -0.3 is 5.73 Å². The van der Waals surface area contributed by atoms with Crippen LogP contribution in [0, 0.1) is 12.8 Å². The molecule has 5 nitrogen and oxygen atoms in total. The van der Waals surface area contributed by atoms with E-state index in [0.29, 0.717) is 24.5 Å². The van der Waals surface area contributed by atoms with Crippen LogP contribution in [-0.4, -0.2) is 42.0 Å². The maximum absolute atomic E-state index is 12.5. The SMILES string of the molecule is Cc1ccc(N)cc1S(=O)CC1CCCN(S(C)(=O)=O)C1. The lowest BCUT2D eigenvalue weighted by Crippen LogP contribution is -2.40. The van der Waals surface area contributed by atoms with Crippen LogP contribution in [0.5, 0.6) is 0 Å². The summed E-state index contributed by atoms with van der Waals surface area (Å²) in [5.74, 6) is 0.617. The molecule has 2 atom stereocenters. The molecule has 2 rings (SSSR count). The van der Waals surface area contributed by atoms with Crippen molar-refractivity contribution in [1.29, 1.82) is 0 Å². The summed E-state index contributed by atoms with van der Waals surface area (Å²) in [5, 5.41) is 0. The predicted octanol–water partition coefficient (Wildman–Crippen LogP) is 1.36. The van der Waals surface area contributed by atoms with Crippen LogP contribution in [0.3, 0.4) is 0 Å². The zero-order valence-corrected chi connectivity index (χ0v) is 14.0. The molecule has 1 aliphatic heterocycles. The molecular weight excluding hydrogens is 308 g/mol. The second-order valence-corrected chi connectivity index (χ2v) is 9.11. The molecule has 1 aromatic carbocycles. The van der Waals surface area contributed by atoms with Crippen LogP contribution >= 0.6 is 0 Å². The molecule has 2 N–H and O–H groups in total. The maximum Gasteiger partial charge on any atom is 0.211 e. The largest absolute Gasteiger partial charge is 0.399 e. The number of nitrogen functional groups attached to an aromatic ring is 1. The van der Waals surface area contributed by atoms with E-state index < -0.39 is 20.8 Å². The third kappa shape index (κ3) is 4.28. The van der Waals surface area contributed by atoms with E-state index >= 15 is 0 Å². The first-order valence-corrected chi connectivity index (χ1v) is 10.1. The Balaban J connectivity index is 2.07. The number of aryl methyl sites for hydroxylation is 1. The van der Waals surface area contributed by atoms with Gasteiger partial charge >= 0.3 is 0 Å². The van der Waals surface area contributed by atoms with Gasteiger partial charge in [-0.15, -0.1) is 0 Å². The summed E-state index contributed by atoms with van der Waals surface area (Å²) in [6, 6.07) is 5.41. The molecule has 7 heteroatoms. The number of nitrogens with zero attached hydrogens (tertiary/aromatic N) is 1. The summed E-state index contributed by atoms with van der Waals surface area (Å²) in [5.41, 5.74) is 7.31. The minimum atomic E-state index is -3.16. The highest BCUT2D eigenvalue weighted by molar-refractivity contribution is 7.88. The normalized spacial score (nSPS) is 22.1. The highest BCUT2D eigenvalue weighted by Crippen LogP contribution is 2.23. The van der Waals surface area contributed by atoms with Crippen molar-refractivity contribution in [2.45, 2.75) is 24.7 Å². The summed E-state index contributed by atoms with van der Waals surface area (Å²) in [6.45, 7) is 2.95. The zero-order chi connectivity index (χ0) is 15.6. The van der Waals surface area contributed by atoms with E-state index in [4.69, 9.17) is 5.73 Å². The van der Waals surface area contributed by atoms with Crippen LogP contribution < -0.4 is 5.73 Å². The van der Waals surface area contributed by atoms with E-state index in [1.54, 1.807) is 12.1 Å². The second-order valence-electron chi connectivity index (χ2n) is 5.67. The van der Waals surface area contributed by atoms with Crippen molar-refractivity contribution in [2.75, 3.05) is 30.8 Å². The number of hydrogen-bond donors (Lipinski definition) is 1. The Hall–Kier alpha value is -0.920. The van der Waals surface area contributed by atoms with E-state index in [2.05, 4.69) is 0 Å². The quantitative estimate of drug-likeness (QED) is 0.845. The van der Waals surface area contributed by atoms with Crippen LogP contribution in [0.4, 0.5) is 5.69 Å². The highest BCUT2D eigenvalue weighted by Gasteiger charge is 2.27. The molecule has 1 aliphatic rings. The number of benzene rings is 1. The number of anilines is 1. The van der Waals surface area contributed by atoms with Crippen molar-refractivity contribution >= 4 is 26.5 Å². The monoisotopic (exact) mass is 330 g/mol. The number of rotatable bonds is 4. The molecular formula is C14H22N2O3S2. The van der Waals surface area contributed by atoms with Gasteiger partial charge in [-0.05, 0) is 43.4 Å². The minimum Gasteiger partial charge on any atom is -0.399 e. The molecule has 0 aromatic heterocycles. The molecule has 0 bridgehead atoms. The zero-order valence-electron chi connectivity index (χ0n) is 12.4. The van der Waals surface area contributed by atoms with Gasteiger partial charge in [0.25, 0.3) is 0 Å². The molecule has 1 saturated heterocycles. The average molecular weight is 330 g/mol. The summed E-state index contributed by atoms with van der Waals surface area (Å²) in [6.07, 6.45) is 2.97. The van der Waals surface area contributed by atoms with Gasteiger partial charge in [0.1, 0.15) is 0 Å². The molecule has 0 radical (unpaired) electrons. The topological polar surface area (TPSA) is 80.5 Å².